The number of benzene rings is 1. The standard InChI is InChI=1S/C9H5Cl2FN4/c10-6-3-5(1-2-7(6)12)15-9-14-4-13-8(11)16-9/h1-4H,(H,13,14,15,16). The van der Waals surface area contributed by atoms with Crippen LogP contribution in [0.25, 0.3) is 0 Å². The summed E-state index contributed by atoms with van der Waals surface area (Å²) in [5, 5.41) is 2.91. The van der Waals surface area contributed by atoms with Crippen molar-refractivity contribution < 1.29 is 4.39 Å². The molecule has 82 valence electrons. The van der Waals surface area contributed by atoms with Gasteiger partial charge in [-0.1, -0.05) is 11.6 Å². The van der Waals surface area contributed by atoms with E-state index < -0.39 is 5.82 Å². The highest BCUT2D eigenvalue weighted by Crippen LogP contribution is 2.21. The topological polar surface area (TPSA) is 50.7 Å². The molecule has 1 heterocycles. The van der Waals surface area contributed by atoms with E-state index in [0.29, 0.717) is 5.69 Å². The lowest BCUT2D eigenvalue weighted by Crippen LogP contribution is -1.98. The molecule has 2 aromatic rings. The first kappa shape index (κ1) is 11.0. The Morgan fingerprint density at radius 1 is 1.19 bits per heavy atom. The molecule has 0 aliphatic heterocycles. The monoisotopic (exact) mass is 258 g/mol. The second-order valence-corrected chi connectivity index (χ2v) is 3.58. The van der Waals surface area contributed by atoms with E-state index in [4.69, 9.17) is 23.2 Å². The highest BCUT2D eigenvalue weighted by atomic mass is 35.5. The van der Waals surface area contributed by atoms with Crippen LogP contribution in [0.15, 0.2) is 24.5 Å². The summed E-state index contributed by atoms with van der Waals surface area (Å²) >= 11 is 11.2. The molecule has 0 unspecified atom stereocenters. The third-order valence-corrected chi connectivity index (χ3v) is 2.19. The molecule has 0 aliphatic carbocycles. The van der Waals surface area contributed by atoms with E-state index in [-0.39, 0.29) is 16.3 Å². The number of halogens is 3. The summed E-state index contributed by atoms with van der Waals surface area (Å²) in [6, 6.07) is 4.18. The molecule has 0 bridgehead atoms. The van der Waals surface area contributed by atoms with Crippen molar-refractivity contribution in [1.82, 2.24) is 15.0 Å². The maximum atomic E-state index is 12.9. The second kappa shape index (κ2) is 4.59. The molecule has 0 spiro atoms. The van der Waals surface area contributed by atoms with Crippen LogP contribution in [0.5, 0.6) is 0 Å². The second-order valence-electron chi connectivity index (χ2n) is 2.83. The van der Waals surface area contributed by atoms with Gasteiger partial charge in [0, 0.05) is 5.69 Å². The number of hydrogen-bond acceptors (Lipinski definition) is 4. The number of rotatable bonds is 2. The molecular formula is C9H5Cl2FN4. The summed E-state index contributed by atoms with van der Waals surface area (Å²) in [7, 11) is 0. The number of hydrogen-bond donors (Lipinski definition) is 1. The SMILES string of the molecule is Fc1ccc(Nc2ncnc(Cl)n2)cc1Cl. The van der Waals surface area contributed by atoms with Crippen LogP contribution in [0.2, 0.25) is 10.3 Å². The molecule has 16 heavy (non-hydrogen) atoms. The summed E-state index contributed by atoms with van der Waals surface area (Å²) in [6.07, 6.45) is 1.27. The largest absolute Gasteiger partial charge is 0.324 e. The maximum Gasteiger partial charge on any atom is 0.231 e. The first-order valence-electron chi connectivity index (χ1n) is 4.22. The van der Waals surface area contributed by atoms with E-state index in [1.807, 2.05) is 0 Å². The zero-order chi connectivity index (χ0) is 11.5. The van der Waals surface area contributed by atoms with Crippen LogP contribution in [0, 0.1) is 5.82 Å². The van der Waals surface area contributed by atoms with Gasteiger partial charge in [-0.05, 0) is 29.8 Å². The van der Waals surface area contributed by atoms with Crippen molar-refractivity contribution in [2.75, 3.05) is 5.32 Å². The summed E-state index contributed by atoms with van der Waals surface area (Å²) in [6.45, 7) is 0. The summed E-state index contributed by atoms with van der Waals surface area (Å²) in [4.78, 5) is 11.3. The van der Waals surface area contributed by atoms with Gasteiger partial charge in [-0.15, -0.1) is 0 Å². The Labute approximate surface area is 100 Å². The van der Waals surface area contributed by atoms with Gasteiger partial charge in [0.15, 0.2) is 0 Å². The molecule has 4 nitrogen and oxygen atoms in total. The average Bonchev–Trinajstić information content (AvgIpc) is 2.24. The fourth-order valence-corrected chi connectivity index (χ4v) is 1.34. The van der Waals surface area contributed by atoms with E-state index in [2.05, 4.69) is 20.3 Å². The molecule has 0 radical (unpaired) electrons. The van der Waals surface area contributed by atoms with E-state index in [1.54, 1.807) is 0 Å². The molecule has 0 fully saturated rings. The van der Waals surface area contributed by atoms with Gasteiger partial charge in [0.2, 0.25) is 11.2 Å². The molecule has 0 saturated heterocycles. The van der Waals surface area contributed by atoms with Crippen LogP contribution in [-0.4, -0.2) is 15.0 Å². The van der Waals surface area contributed by atoms with E-state index >= 15 is 0 Å². The van der Waals surface area contributed by atoms with Gasteiger partial charge >= 0.3 is 0 Å². The van der Waals surface area contributed by atoms with Gasteiger partial charge < -0.3 is 5.32 Å². The van der Waals surface area contributed by atoms with Crippen molar-refractivity contribution in [1.29, 1.82) is 0 Å². The van der Waals surface area contributed by atoms with Crippen LogP contribution in [0.1, 0.15) is 0 Å². The molecule has 0 amide bonds. The molecular weight excluding hydrogens is 254 g/mol. The molecule has 2 rings (SSSR count). The van der Waals surface area contributed by atoms with Crippen molar-refractivity contribution in [3.63, 3.8) is 0 Å². The lowest BCUT2D eigenvalue weighted by Gasteiger charge is -2.04. The minimum atomic E-state index is -0.485. The third kappa shape index (κ3) is 2.56. The molecule has 0 atom stereocenters. The van der Waals surface area contributed by atoms with Gasteiger partial charge in [0.25, 0.3) is 0 Å². The first-order valence-corrected chi connectivity index (χ1v) is 4.97. The lowest BCUT2D eigenvalue weighted by atomic mass is 10.3. The van der Waals surface area contributed by atoms with Crippen molar-refractivity contribution in [2.24, 2.45) is 0 Å². The Kier molecular flexibility index (Phi) is 3.17. The van der Waals surface area contributed by atoms with Crippen LogP contribution >= 0.6 is 23.2 Å². The Morgan fingerprint density at radius 3 is 2.69 bits per heavy atom. The predicted octanol–water partition coefficient (Wildman–Crippen LogP) is 3.06. The Morgan fingerprint density at radius 2 is 2.00 bits per heavy atom. The van der Waals surface area contributed by atoms with E-state index in [9.17, 15) is 4.39 Å². The quantitative estimate of drug-likeness (QED) is 0.900. The Balaban J connectivity index is 2.24. The number of aromatic nitrogens is 3. The van der Waals surface area contributed by atoms with E-state index in [0.717, 1.165) is 0 Å². The minimum Gasteiger partial charge on any atom is -0.324 e. The highest BCUT2D eigenvalue weighted by Gasteiger charge is 2.03. The third-order valence-electron chi connectivity index (χ3n) is 1.72. The van der Waals surface area contributed by atoms with Gasteiger partial charge in [-0.25, -0.2) is 14.4 Å². The van der Waals surface area contributed by atoms with Crippen molar-refractivity contribution in [3.05, 3.63) is 40.6 Å². The zero-order valence-corrected chi connectivity index (χ0v) is 9.30. The molecule has 1 aromatic carbocycles. The predicted molar refractivity (Wildman–Crippen MR) is 59.5 cm³/mol. The summed E-state index contributed by atoms with van der Waals surface area (Å²) < 4.78 is 12.9. The molecule has 7 heteroatoms. The number of nitrogens with one attached hydrogen (secondary N) is 1. The fourth-order valence-electron chi connectivity index (χ4n) is 1.04. The number of anilines is 2. The van der Waals surface area contributed by atoms with Crippen molar-refractivity contribution in [3.8, 4) is 0 Å². The van der Waals surface area contributed by atoms with Crippen molar-refractivity contribution >= 4 is 34.8 Å². The maximum absolute atomic E-state index is 12.9. The first-order chi connectivity index (χ1) is 7.65. The molecule has 0 saturated carbocycles. The number of nitrogens with zero attached hydrogens (tertiary/aromatic N) is 3. The van der Waals surface area contributed by atoms with Crippen LogP contribution < -0.4 is 5.32 Å². The smallest absolute Gasteiger partial charge is 0.231 e. The highest BCUT2D eigenvalue weighted by molar-refractivity contribution is 6.31. The van der Waals surface area contributed by atoms with Crippen LogP contribution in [0.4, 0.5) is 16.0 Å². The normalized spacial score (nSPS) is 10.2. The minimum absolute atomic E-state index is 0.0187. The van der Waals surface area contributed by atoms with Gasteiger partial charge in [-0.3, -0.25) is 0 Å². The van der Waals surface area contributed by atoms with Crippen LogP contribution in [0.3, 0.4) is 0 Å². The average molecular weight is 259 g/mol. The molecule has 0 aliphatic rings. The molecule has 1 aromatic heterocycles. The Hall–Kier alpha value is -1.46. The lowest BCUT2D eigenvalue weighted by molar-refractivity contribution is 0.628. The van der Waals surface area contributed by atoms with Gasteiger partial charge in [0.05, 0.1) is 5.02 Å². The van der Waals surface area contributed by atoms with Gasteiger partial charge in [0.1, 0.15) is 12.1 Å². The zero-order valence-electron chi connectivity index (χ0n) is 7.78. The van der Waals surface area contributed by atoms with Crippen molar-refractivity contribution in [2.45, 2.75) is 0 Å². The summed E-state index contributed by atoms with van der Waals surface area (Å²) in [5.41, 5.74) is 0.564. The Bertz CT molecular complexity index is 521. The summed E-state index contributed by atoms with van der Waals surface area (Å²) in [5.74, 6) is -0.219. The van der Waals surface area contributed by atoms with E-state index in [1.165, 1.54) is 24.5 Å². The fraction of sp³-hybridized carbons (Fsp3) is 0. The van der Waals surface area contributed by atoms with Gasteiger partial charge in [-0.2, -0.15) is 4.98 Å². The molecule has 1 N–H and O–H groups in total. The van der Waals surface area contributed by atoms with Crippen LogP contribution in [-0.2, 0) is 0 Å².